The molecule has 126 valence electrons. The van der Waals surface area contributed by atoms with Gasteiger partial charge in [0.05, 0.1) is 5.56 Å². The number of rotatable bonds is 5. The number of aromatic nitrogens is 1. The van der Waals surface area contributed by atoms with Crippen LogP contribution in [0.3, 0.4) is 0 Å². The molecule has 6 heteroatoms. The maximum Gasteiger partial charge on any atom is 0.267 e. The molecular weight excluding hydrogens is 326 g/mol. The number of benzene rings is 1. The third-order valence-electron chi connectivity index (χ3n) is 4.31. The van der Waals surface area contributed by atoms with Crippen LogP contribution in [0.2, 0.25) is 5.02 Å². The van der Waals surface area contributed by atoms with Crippen molar-refractivity contribution in [2.75, 3.05) is 7.05 Å². The van der Waals surface area contributed by atoms with E-state index in [4.69, 9.17) is 17.3 Å². The SMILES string of the molecule is C[C@H](c1ccc(Cl)cc1)[C@H](C)N(C)C(=O)c1ccc(C(N)=O)nc1. The number of halogens is 1. The molecule has 2 aromatic rings. The molecule has 5 nitrogen and oxygen atoms in total. The van der Waals surface area contributed by atoms with Gasteiger partial charge in [-0.15, -0.1) is 0 Å². The number of primary amides is 1. The Morgan fingerprint density at radius 1 is 1.12 bits per heavy atom. The fraction of sp³-hybridized carbons (Fsp3) is 0.278. The van der Waals surface area contributed by atoms with Crippen LogP contribution in [0.4, 0.5) is 0 Å². The average Bonchev–Trinajstić information content (AvgIpc) is 2.60. The van der Waals surface area contributed by atoms with Crippen molar-refractivity contribution in [3.63, 3.8) is 0 Å². The van der Waals surface area contributed by atoms with Crippen molar-refractivity contribution in [2.45, 2.75) is 25.8 Å². The average molecular weight is 346 g/mol. The highest BCUT2D eigenvalue weighted by Gasteiger charge is 2.23. The van der Waals surface area contributed by atoms with Crippen LogP contribution in [0.25, 0.3) is 0 Å². The summed E-state index contributed by atoms with van der Waals surface area (Å²) in [5.74, 6) is -0.645. The first-order chi connectivity index (χ1) is 11.3. The van der Waals surface area contributed by atoms with E-state index in [0.29, 0.717) is 10.6 Å². The lowest BCUT2D eigenvalue weighted by Gasteiger charge is -2.30. The molecule has 0 aliphatic rings. The Kier molecular flexibility index (Phi) is 5.57. The maximum atomic E-state index is 12.6. The summed E-state index contributed by atoms with van der Waals surface area (Å²) in [6, 6.07) is 10.6. The summed E-state index contributed by atoms with van der Waals surface area (Å²) in [5, 5.41) is 0.684. The zero-order valence-electron chi connectivity index (χ0n) is 13.9. The smallest absolute Gasteiger partial charge is 0.267 e. The van der Waals surface area contributed by atoms with E-state index in [1.807, 2.05) is 31.2 Å². The number of amides is 2. The van der Waals surface area contributed by atoms with Crippen molar-refractivity contribution >= 4 is 23.4 Å². The molecule has 0 radical (unpaired) electrons. The van der Waals surface area contributed by atoms with Gasteiger partial charge in [0, 0.05) is 30.2 Å². The Morgan fingerprint density at radius 2 is 1.75 bits per heavy atom. The number of pyridine rings is 1. The summed E-state index contributed by atoms with van der Waals surface area (Å²) in [6.07, 6.45) is 1.37. The van der Waals surface area contributed by atoms with Crippen molar-refractivity contribution < 1.29 is 9.59 Å². The van der Waals surface area contributed by atoms with E-state index in [2.05, 4.69) is 11.9 Å². The van der Waals surface area contributed by atoms with Crippen LogP contribution in [0, 0.1) is 0 Å². The van der Waals surface area contributed by atoms with Crippen molar-refractivity contribution in [3.05, 3.63) is 64.4 Å². The van der Waals surface area contributed by atoms with E-state index >= 15 is 0 Å². The molecule has 0 bridgehead atoms. The molecule has 2 amide bonds. The molecule has 1 heterocycles. The number of hydrogen-bond donors (Lipinski definition) is 1. The molecule has 1 aromatic heterocycles. The van der Waals surface area contributed by atoms with E-state index in [9.17, 15) is 9.59 Å². The molecule has 0 saturated carbocycles. The topological polar surface area (TPSA) is 76.3 Å². The largest absolute Gasteiger partial charge is 0.364 e. The summed E-state index contributed by atoms with van der Waals surface area (Å²) in [7, 11) is 1.75. The lowest BCUT2D eigenvalue weighted by atomic mass is 9.93. The van der Waals surface area contributed by atoms with Crippen LogP contribution < -0.4 is 5.73 Å². The second-order valence-electron chi connectivity index (χ2n) is 5.79. The quantitative estimate of drug-likeness (QED) is 0.904. The first kappa shape index (κ1) is 17.9. The van der Waals surface area contributed by atoms with Gasteiger partial charge in [0.2, 0.25) is 0 Å². The van der Waals surface area contributed by atoms with Gasteiger partial charge in [0.25, 0.3) is 11.8 Å². The fourth-order valence-electron chi connectivity index (χ4n) is 2.43. The Labute approximate surface area is 146 Å². The number of hydrogen-bond acceptors (Lipinski definition) is 3. The second kappa shape index (κ2) is 7.45. The second-order valence-corrected chi connectivity index (χ2v) is 6.23. The van der Waals surface area contributed by atoms with Gasteiger partial charge < -0.3 is 10.6 Å². The Balaban J connectivity index is 2.13. The highest BCUT2D eigenvalue weighted by Crippen LogP contribution is 2.24. The minimum atomic E-state index is -0.618. The number of likely N-dealkylation sites (N-methyl/N-ethyl adjacent to an activating group) is 1. The van der Waals surface area contributed by atoms with E-state index in [0.717, 1.165) is 5.56 Å². The van der Waals surface area contributed by atoms with Gasteiger partial charge in [-0.2, -0.15) is 0 Å². The number of nitrogens with two attached hydrogens (primary N) is 1. The molecule has 0 spiro atoms. The van der Waals surface area contributed by atoms with Crippen molar-refractivity contribution in [1.29, 1.82) is 0 Å². The Morgan fingerprint density at radius 3 is 2.25 bits per heavy atom. The minimum absolute atomic E-state index is 0.0329. The zero-order valence-corrected chi connectivity index (χ0v) is 14.6. The molecule has 0 saturated heterocycles. The summed E-state index contributed by atoms with van der Waals surface area (Å²) in [5.41, 5.74) is 6.81. The Bertz CT molecular complexity index is 729. The fourth-order valence-corrected chi connectivity index (χ4v) is 2.56. The van der Waals surface area contributed by atoms with E-state index < -0.39 is 5.91 Å². The van der Waals surface area contributed by atoms with Gasteiger partial charge in [-0.1, -0.05) is 30.7 Å². The van der Waals surface area contributed by atoms with Crippen molar-refractivity contribution in [3.8, 4) is 0 Å². The van der Waals surface area contributed by atoms with Crippen molar-refractivity contribution in [2.24, 2.45) is 5.73 Å². The molecule has 2 atom stereocenters. The number of carbonyl (C=O) groups excluding carboxylic acids is 2. The summed E-state index contributed by atoms with van der Waals surface area (Å²) in [4.78, 5) is 29.2. The molecule has 2 rings (SSSR count). The van der Waals surface area contributed by atoms with Gasteiger partial charge in [-0.3, -0.25) is 14.6 Å². The highest BCUT2D eigenvalue weighted by molar-refractivity contribution is 6.30. The third kappa shape index (κ3) is 3.92. The van der Waals surface area contributed by atoms with Gasteiger partial charge in [-0.05, 0) is 36.8 Å². The molecule has 0 aliphatic carbocycles. The molecule has 0 unspecified atom stereocenters. The van der Waals surface area contributed by atoms with Crippen molar-refractivity contribution in [1.82, 2.24) is 9.88 Å². The minimum Gasteiger partial charge on any atom is -0.364 e. The first-order valence-electron chi connectivity index (χ1n) is 7.59. The zero-order chi connectivity index (χ0) is 17.9. The molecule has 1 aromatic carbocycles. The monoisotopic (exact) mass is 345 g/mol. The van der Waals surface area contributed by atoms with Crippen LogP contribution >= 0.6 is 11.6 Å². The maximum absolute atomic E-state index is 12.6. The summed E-state index contributed by atoms with van der Waals surface area (Å²) in [6.45, 7) is 4.05. The molecular formula is C18H20ClN3O2. The van der Waals surface area contributed by atoms with Gasteiger partial charge in [0.1, 0.15) is 5.69 Å². The normalized spacial score (nSPS) is 13.2. The molecule has 0 aliphatic heterocycles. The lowest BCUT2D eigenvalue weighted by Crippen LogP contribution is -2.38. The number of nitrogens with zero attached hydrogens (tertiary/aromatic N) is 2. The van der Waals surface area contributed by atoms with E-state index in [1.165, 1.54) is 12.3 Å². The Hall–Kier alpha value is -2.40. The predicted octanol–water partition coefficient (Wildman–Crippen LogP) is 3.10. The van der Waals surface area contributed by atoms with Crippen LogP contribution in [-0.2, 0) is 0 Å². The number of carbonyl (C=O) groups is 2. The lowest BCUT2D eigenvalue weighted by molar-refractivity contribution is 0.0725. The van der Waals surface area contributed by atoms with E-state index in [-0.39, 0.29) is 23.6 Å². The summed E-state index contributed by atoms with van der Waals surface area (Å²) < 4.78 is 0. The highest BCUT2D eigenvalue weighted by atomic mass is 35.5. The van der Waals surface area contributed by atoms with Gasteiger partial charge >= 0.3 is 0 Å². The standard InChI is InChI=1S/C18H20ClN3O2/c1-11(13-4-7-15(19)8-5-13)12(2)22(3)18(24)14-6-9-16(17(20)23)21-10-14/h4-12H,1-3H3,(H2,20,23)/t11-,12-/m0/s1. The van der Waals surface area contributed by atoms with Crippen LogP contribution in [0.5, 0.6) is 0 Å². The van der Waals surface area contributed by atoms with E-state index in [1.54, 1.807) is 18.0 Å². The third-order valence-corrected chi connectivity index (χ3v) is 4.57. The molecule has 24 heavy (non-hydrogen) atoms. The van der Waals surface area contributed by atoms with Crippen LogP contribution in [-0.4, -0.2) is 34.8 Å². The first-order valence-corrected chi connectivity index (χ1v) is 7.97. The summed E-state index contributed by atoms with van der Waals surface area (Å²) >= 11 is 5.92. The van der Waals surface area contributed by atoms with Gasteiger partial charge in [-0.25, -0.2) is 0 Å². The molecule has 2 N–H and O–H groups in total. The molecule has 0 fully saturated rings. The van der Waals surface area contributed by atoms with Crippen LogP contribution in [0.15, 0.2) is 42.6 Å². The van der Waals surface area contributed by atoms with Crippen LogP contribution in [0.1, 0.15) is 46.2 Å². The predicted molar refractivity (Wildman–Crippen MR) is 94.2 cm³/mol. The van der Waals surface area contributed by atoms with Gasteiger partial charge in [0.15, 0.2) is 0 Å².